The first-order chi connectivity index (χ1) is 6.59. The monoisotopic (exact) mass is 227 g/mol. The van der Waals surface area contributed by atoms with Crippen LogP contribution in [0.3, 0.4) is 0 Å². The maximum Gasteiger partial charge on any atom is 0.0435 e. The molecule has 2 rings (SSSR count). The van der Waals surface area contributed by atoms with Gasteiger partial charge in [0.1, 0.15) is 0 Å². The molecule has 0 radical (unpaired) electrons. The van der Waals surface area contributed by atoms with E-state index in [0.717, 1.165) is 28.5 Å². The fourth-order valence-corrected chi connectivity index (χ4v) is 2.74. The molecule has 1 nitrogen and oxygen atoms in total. The van der Waals surface area contributed by atoms with Crippen LogP contribution in [0.25, 0.3) is 0 Å². The van der Waals surface area contributed by atoms with Crippen LogP contribution in [0.15, 0.2) is 18.2 Å². The molecule has 1 fully saturated rings. The molecule has 14 heavy (non-hydrogen) atoms. The lowest BCUT2D eigenvalue weighted by atomic mass is 9.94. The first-order valence-corrected chi connectivity index (χ1v) is 6.24. The summed E-state index contributed by atoms with van der Waals surface area (Å²) in [4.78, 5) is 0. The van der Waals surface area contributed by atoms with Crippen LogP contribution in [0.1, 0.15) is 11.1 Å². The van der Waals surface area contributed by atoms with Crippen LogP contribution < -0.4 is 5.73 Å². The lowest BCUT2D eigenvalue weighted by Crippen LogP contribution is -2.53. The highest BCUT2D eigenvalue weighted by atomic mass is 35.5. The lowest BCUT2D eigenvalue weighted by Gasteiger charge is -2.37. The SMILES string of the molecule is Cc1cc(CC2(N)CSC2)ccc1Cl. The van der Waals surface area contributed by atoms with Crippen LogP contribution in [0, 0.1) is 6.92 Å². The van der Waals surface area contributed by atoms with E-state index in [2.05, 4.69) is 12.1 Å². The van der Waals surface area contributed by atoms with Gasteiger partial charge in [-0.25, -0.2) is 0 Å². The number of hydrogen-bond donors (Lipinski definition) is 1. The average molecular weight is 228 g/mol. The van der Waals surface area contributed by atoms with Gasteiger partial charge < -0.3 is 5.73 Å². The van der Waals surface area contributed by atoms with Crippen molar-refractivity contribution in [1.29, 1.82) is 0 Å². The number of nitrogens with two attached hydrogens (primary N) is 1. The largest absolute Gasteiger partial charge is 0.323 e. The molecule has 76 valence electrons. The summed E-state index contributed by atoms with van der Waals surface area (Å²) in [5.41, 5.74) is 8.64. The fourth-order valence-electron chi connectivity index (χ4n) is 1.69. The van der Waals surface area contributed by atoms with E-state index < -0.39 is 0 Å². The van der Waals surface area contributed by atoms with Gasteiger partial charge in [-0.05, 0) is 30.5 Å². The molecule has 0 atom stereocenters. The Morgan fingerprint density at radius 3 is 2.71 bits per heavy atom. The molecule has 0 aliphatic carbocycles. The molecule has 0 amide bonds. The summed E-state index contributed by atoms with van der Waals surface area (Å²) in [6.07, 6.45) is 0.970. The van der Waals surface area contributed by atoms with E-state index >= 15 is 0 Å². The predicted molar refractivity (Wildman–Crippen MR) is 64.1 cm³/mol. The number of benzene rings is 1. The van der Waals surface area contributed by atoms with Crippen molar-refractivity contribution in [1.82, 2.24) is 0 Å². The molecule has 1 aliphatic rings. The molecule has 0 spiro atoms. The Morgan fingerprint density at radius 1 is 1.50 bits per heavy atom. The summed E-state index contributed by atoms with van der Waals surface area (Å²) in [7, 11) is 0. The molecule has 0 aromatic heterocycles. The van der Waals surface area contributed by atoms with Gasteiger partial charge in [-0.3, -0.25) is 0 Å². The van der Waals surface area contributed by atoms with Crippen LogP contribution in [0.5, 0.6) is 0 Å². The van der Waals surface area contributed by atoms with E-state index in [-0.39, 0.29) is 5.54 Å². The smallest absolute Gasteiger partial charge is 0.0435 e. The van der Waals surface area contributed by atoms with Crippen molar-refractivity contribution in [3.05, 3.63) is 34.3 Å². The molecule has 3 heteroatoms. The van der Waals surface area contributed by atoms with Crippen molar-refractivity contribution in [2.45, 2.75) is 18.9 Å². The van der Waals surface area contributed by atoms with E-state index in [0.29, 0.717) is 0 Å². The van der Waals surface area contributed by atoms with Crippen molar-refractivity contribution in [3.8, 4) is 0 Å². The summed E-state index contributed by atoms with van der Waals surface area (Å²) >= 11 is 7.88. The van der Waals surface area contributed by atoms with Crippen LogP contribution in [-0.2, 0) is 6.42 Å². The second-order valence-corrected chi connectivity index (χ2v) is 5.51. The maximum absolute atomic E-state index is 6.17. The van der Waals surface area contributed by atoms with Gasteiger partial charge in [-0.1, -0.05) is 23.7 Å². The molecule has 1 aliphatic heterocycles. The first-order valence-electron chi connectivity index (χ1n) is 4.71. The summed E-state index contributed by atoms with van der Waals surface area (Å²) in [5.74, 6) is 2.16. The number of aryl methyl sites for hydroxylation is 1. The number of rotatable bonds is 2. The first kappa shape index (κ1) is 10.3. The Balaban J connectivity index is 2.13. The minimum absolute atomic E-state index is 0.0327. The number of hydrogen-bond acceptors (Lipinski definition) is 2. The Morgan fingerprint density at radius 2 is 2.21 bits per heavy atom. The standard InChI is InChI=1S/C11H14ClNS/c1-8-4-9(2-3-10(8)12)5-11(13)6-14-7-11/h2-4H,5-7,13H2,1H3. The van der Waals surface area contributed by atoms with Gasteiger partial charge in [-0.2, -0.15) is 11.8 Å². The molecule has 0 saturated carbocycles. The molecular weight excluding hydrogens is 214 g/mol. The summed E-state index contributed by atoms with van der Waals surface area (Å²) < 4.78 is 0. The van der Waals surface area contributed by atoms with Crippen molar-refractivity contribution in [3.63, 3.8) is 0 Å². The van der Waals surface area contributed by atoms with Crippen molar-refractivity contribution in [2.24, 2.45) is 5.73 Å². The van der Waals surface area contributed by atoms with Gasteiger partial charge in [-0.15, -0.1) is 0 Å². The van der Waals surface area contributed by atoms with Gasteiger partial charge in [0.15, 0.2) is 0 Å². The zero-order chi connectivity index (χ0) is 10.2. The molecule has 1 aromatic rings. The highest BCUT2D eigenvalue weighted by molar-refractivity contribution is 8.00. The summed E-state index contributed by atoms with van der Waals surface area (Å²) in [6.45, 7) is 2.03. The van der Waals surface area contributed by atoms with Crippen LogP contribution in [-0.4, -0.2) is 17.0 Å². The topological polar surface area (TPSA) is 26.0 Å². The number of halogens is 1. The molecule has 1 aromatic carbocycles. The summed E-state index contributed by atoms with van der Waals surface area (Å²) in [5, 5.41) is 0.836. The minimum Gasteiger partial charge on any atom is -0.323 e. The van der Waals surface area contributed by atoms with Crippen molar-refractivity contribution in [2.75, 3.05) is 11.5 Å². The van der Waals surface area contributed by atoms with Gasteiger partial charge in [0.2, 0.25) is 0 Å². The van der Waals surface area contributed by atoms with Gasteiger partial charge in [0, 0.05) is 22.1 Å². The second kappa shape index (κ2) is 3.76. The van der Waals surface area contributed by atoms with E-state index in [4.69, 9.17) is 17.3 Å². The zero-order valence-electron chi connectivity index (χ0n) is 8.22. The third-order valence-electron chi connectivity index (χ3n) is 2.56. The van der Waals surface area contributed by atoms with Crippen molar-refractivity contribution >= 4 is 23.4 Å². The molecule has 2 N–H and O–H groups in total. The fraction of sp³-hybridized carbons (Fsp3) is 0.455. The minimum atomic E-state index is 0.0327. The zero-order valence-corrected chi connectivity index (χ0v) is 9.79. The maximum atomic E-state index is 6.17. The molecule has 1 heterocycles. The predicted octanol–water partition coefficient (Wildman–Crippen LogP) is 2.64. The lowest BCUT2D eigenvalue weighted by molar-refractivity contribution is 0.509. The van der Waals surface area contributed by atoms with E-state index in [1.165, 1.54) is 5.56 Å². The molecule has 0 unspecified atom stereocenters. The van der Waals surface area contributed by atoms with Crippen molar-refractivity contribution < 1.29 is 0 Å². The Bertz CT molecular complexity index is 347. The quantitative estimate of drug-likeness (QED) is 0.841. The average Bonchev–Trinajstić information content (AvgIpc) is 2.09. The van der Waals surface area contributed by atoms with Gasteiger partial charge in [0.25, 0.3) is 0 Å². The normalized spacial score (nSPS) is 19.1. The van der Waals surface area contributed by atoms with Crippen LogP contribution in [0.4, 0.5) is 0 Å². The summed E-state index contributed by atoms with van der Waals surface area (Å²) in [6, 6.07) is 6.17. The van der Waals surface area contributed by atoms with Crippen LogP contribution >= 0.6 is 23.4 Å². The highest BCUT2D eigenvalue weighted by Gasteiger charge is 2.33. The molecular formula is C11H14ClNS. The van der Waals surface area contributed by atoms with Crippen LogP contribution in [0.2, 0.25) is 5.02 Å². The Hall–Kier alpha value is -0.180. The number of thioether (sulfide) groups is 1. The highest BCUT2D eigenvalue weighted by Crippen LogP contribution is 2.30. The van der Waals surface area contributed by atoms with E-state index in [9.17, 15) is 0 Å². The third-order valence-corrected chi connectivity index (χ3v) is 4.54. The van der Waals surface area contributed by atoms with Gasteiger partial charge >= 0.3 is 0 Å². The van der Waals surface area contributed by atoms with E-state index in [1.807, 2.05) is 24.8 Å². The third kappa shape index (κ3) is 2.08. The second-order valence-electron chi connectivity index (χ2n) is 4.12. The Labute approximate surface area is 94.0 Å². The molecule has 1 saturated heterocycles. The van der Waals surface area contributed by atoms with Gasteiger partial charge in [0.05, 0.1) is 0 Å². The van der Waals surface area contributed by atoms with E-state index in [1.54, 1.807) is 0 Å². The molecule has 0 bridgehead atoms. The Kier molecular flexibility index (Phi) is 2.78.